The van der Waals surface area contributed by atoms with Crippen LogP contribution in [0.1, 0.15) is 24.2 Å². The number of hydrogen-bond donors (Lipinski definition) is 1. The molecule has 0 spiro atoms. The smallest absolute Gasteiger partial charge is 0.257 e. The first-order chi connectivity index (χ1) is 9.56. The predicted molar refractivity (Wildman–Crippen MR) is 77.2 cm³/mol. The first-order valence-electron chi connectivity index (χ1n) is 6.11. The van der Waals surface area contributed by atoms with Crippen molar-refractivity contribution >= 4 is 23.3 Å². The molecule has 1 heterocycles. The quantitative estimate of drug-likeness (QED) is 0.940. The van der Waals surface area contributed by atoms with Crippen molar-refractivity contribution in [1.82, 2.24) is 9.97 Å². The van der Waals surface area contributed by atoms with E-state index in [4.69, 9.17) is 16.3 Å². The summed E-state index contributed by atoms with van der Waals surface area (Å²) in [5, 5.41) is 2.76. The molecule has 0 atom stereocenters. The van der Waals surface area contributed by atoms with Crippen LogP contribution in [0.15, 0.2) is 36.7 Å². The highest BCUT2D eigenvalue weighted by Crippen LogP contribution is 2.18. The highest BCUT2D eigenvalue weighted by atomic mass is 35.5. The van der Waals surface area contributed by atoms with Gasteiger partial charge < -0.3 is 10.1 Å². The second kappa shape index (κ2) is 6.34. The fourth-order valence-corrected chi connectivity index (χ4v) is 1.72. The van der Waals surface area contributed by atoms with Crippen molar-refractivity contribution in [1.29, 1.82) is 0 Å². The topological polar surface area (TPSA) is 64.1 Å². The zero-order valence-corrected chi connectivity index (χ0v) is 11.9. The van der Waals surface area contributed by atoms with Crippen LogP contribution in [-0.2, 0) is 0 Å². The minimum atomic E-state index is -0.318. The zero-order chi connectivity index (χ0) is 14.5. The third-order valence-electron chi connectivity index (χ3n) is 2.35. The summed E-state index contributed by atoms with van der Waals surface area (Å²) in [5.74, 6) is 0.550. The van der Waals surface area contributed by atoms with Gasteiger partial charge in [-0.05, 0) is 32.0 Å². The zero-order valence-electron chi connectivity index (χ0n) is 11.1. The average Bonchev–Trinajstić information content (AvgIpc) is 2.41. The Labute approximate surface area is 122 Å². The van der Waals surface area contributed by atoms with Crippen LogP contribution in [0.5, 0.6) is 5.75 Å². The lowest BCUT2D eigenvalue weighted by atomic mass is 10.2. The number of halogens is 1. The minimum Gasteiger partial charge on any atom is -0.491 e. The number of ether oxygens (including phenoxy) is 1. The summed E-state index contributed by atoms with van der Waals surface area (Å²) in [6.07, 6.45) is 2.96. The molecule has 1 aromatic carbocycles. The molecule has 0 unspecified atom stereocenters. The summed E-state index contributed by atoms with van der Waals surface area (Å²) in [4.78, 5) is 19.9. The van der Waals surface area contributed by atoms with Crippen molar-refractivity contribution in [2.75, 3.05) is 5.32 Å². The minimum absolute atomic E-state index is 0.0442. The van der Waals surface area contributed by atoms with E-state index in [0.717, 1.165) is 0 Å². The van der Waals surface area contributed by atoms with Crippen LogP contribution in [0.2, 0.25) is 5.15 Å². The number of carbonyl (C=O) groups is 1. The Morgan fingerprint density at radius 2 is 2.05 bits per heavy atom. The van der Waals surface area contributed by atoms with E-state index in [9.17, 15) is 4.79 Å². The maximum Gasteiger partial charge on any atom is 0.257 e. The molecule has 0 aliphatic carbocycles. The molecule has 2 rings (SSSR count). The molecule has 1 amide bonds. The van der Waals surface area contributed by atoms with Gasteiger partial charge in [0.25, 0.3) is 5.91 Å². The lowest BCUT2D eigenvalue weighted by Crippen LogP contribution is -2.14. The molecule has 104 valence electrons. The first kappa shape index (κ1) is 14.3. The molecular formula is C14H14ClN3O2. The molecular weight excluding hydrogens is 278 g/mol. The van der Waals surface area contributed by atoms with E-state index >= 15 is 0 Å². The number of benzene rings is 1. The molecule has 5 nitrogen and oxygen atoms in total. The van der Waals surface area contributed by atoms with Gasteiger partial charge in [0.05, 0.1) is 6.10 Å². The standard InChI is InChI=1S/C14H14ClN3O2/c1-9(2)20-11-5-3-4-10(8-11)14(19)18-13-12(15)16-6-7-17-13/h3-9H,1-2H3,(H,17,18,19). The van der Waals surface area contributed by atoms with Crippen LogP contribution in [0, 0.1) is 0 Å². The predicted octanol–water partition coefficient (Wildman–Crippen LogP) is 3.17. The van der Waals surface area contributed by atoms with Crippen LogP contribution >= 0.6 is 11.6 Å². The van der Waals surface area contributed by atoms with E-state index < -0.39 is 0 Å². The number of nitrogens with one attached hydrogen (secondary N) is 1. The molecule has 0 aliphatic heterocycles. The van der Waals surface area contributed by atoms with Crippen molar-refractivity contribution in [3.05, 3.63) is 47.4 Å². The number of rotatable bonds is 4. The van der Waals surface area contributed by atoms with Gasteiger partial charge in [0.2, 0.25) is 0 Å². The van der Waals surface area contributed by atoms with Crippen LogP contribution in [-0.4, -0.2) is 22.0 Å². The lowest BCUT2D eigenvalue weighted by Gasteiger charge is -2.11. The van der Waals surface area contributed by atoms with Crippen molar-refractivity contribution in [2.24, 2.45) is 0 Å². The molecule has 0 radical (unpaired) electrons. The van der Waals surface area contributed by atoms with Crippen molar-refractivity contribution in [3.8, 4) is 5.75 Å². The SMILES string of the molecule is CC(C)Oc1cccc(C(=O)Nc2nccnc2Cl)c1. The monoisotopic (exact) mass is 291 g/mol. The second-order valence-corrected chi connectivity index (χ2v) is 4.70. The molecule has 0 aliphatic rings. The number of nitrogens with zero attached hydrogens (tertiary/aromatic N) is 2. The van der Waals surface area contributed by atoms with Gasteiger partial charge in [-0.3, -0.25) is 4.79 Å². The third kappa shape index (κ3) is 3.68. The van der Waals surface area contributed by atoms with Gasteiger partial charge in [0.1, 0.15) is 5.75 Å². The van der Waals surface area contributed by atoms with Gasteiger partial charge in [-0.2, -0.15) is 0 Å². The Bertz CT molecular complexity index is 617. The van der Waals surface area contributed by atoms with Gasteiger partial charge in [0.15, 0.2) is 11.0 Å². The molecule has 6 heteroatoms. The highest BCUT2D eigenvalue weighted by molar-refractivity contribution is 6.32. The van der Waals surface area contributed by atoms with E-state index in [-0.39, 0.29) is 23.0 Å². The Balaban J connectivity index is 2.15. The lowest BCUT2D eigenvalue weighted by molar-refractivity contribution is 0.102. The van der Waals surface area contributed by atoms with Gasteiger partial charge in [0, 0.05) is 18.0 Å². The maximum absolute atomic E-state index is 12.1. The van der Waals surface area contributed by atoms with Crippen molar-refractivity contribution in [3.63, 3.8) is 0 Å². The van der Waals surface area contributed by atoms with Crippen molar-refractivity contribution in [2.45, 2.75) is 20.0 Å². The summed E-state index contributed by atoms with van der Waals surface area (Å²) in [6.45, 7) is 3.85. The van der Waals surface area contributed by atoms with Crippen LogP contribution in [0.3, 0.4) is 0 Å². The molecule has 0 bridgehead atoms. The largest absolute Gasteiger partial charge is 0.491 e. The Hall–Kier alpha value is -2.14. The summed E-state index contributed by atoms with van der Waals surface area (Å²) in [5.41, 5.74) is 0.463. The van der Waals surface area contributed by atoms with Crippen LogP contribution in [0.4, 0.5) is 5.82 Å². The highest BCUT2D eigenvalue weighted by Gasteiger charge is 2.11. The molecule has 0 fully saturated rings. The molecule has 1 aromatic heterocycles. The second-order valence-electron chi connectivity index (χ2n) is 4.34. The van der Waals surface area contributed by atoms with Crippen LogP contribution < -0.4 is 10.1 Å². The number of anilines is 1. The van der Waals surface area contributed by atoms with Gasteiger partial charge in [-0.1, -0.05) is 17.7 Å². The van der Waals surface area contributed by atoms with E-state index in [1.807, 2.05) is 13.8 Å². The Morgan fingerprint density at radius 1 is 1.30 bits per heavy atom. The summed E-state index contributed by atoms with van der Waals surface area (Å²) in [6, 6.07) is 6.91. The molecule has 2 aromatic rings. The normalized spacial score (nSPS) is 10.4. The van der Waals surface area contributed by atoms with Gasteiger partial charge in [-0.15, -0.1) is 0 Å². The molecule has 1 N–H and O–H groups in total. The maximum atomic E-state index is 12.1. The molecule has 0 saturated heterocycles. The number of amides is 1. The van der Waals surface area contributed by atoms with E-state index in [1.165, 1.54) is 12.4 Å². The summed E-state index contributed by atoms with van der Waals surface area (Å²) in [7, 11) is 0. The van der Waals surface area contributed by atoms with Crippen molar-refractivity contribution < 1.29 is 9.53 Å². The van der Waals surface area contributed by atoms with Gasteiger partial charge >= 0.3 is 0 Å². The van der Waals surface area contributed by atoms with E-state index in [1.54, 1.807) is 24.3 Å². The summed E-state index contributed by atoms with van der Waals surface area (Å²) >= 11 is 5.84. The number of carbonyl (C=O) groups excluding carboxylic acids is 1. The third-order valence-corrected chi connectivity index (χ3v) is 2.63. The molecule has 20 heavy (non-hydrogen) atoms. The van der Waals surface area contributed by atoms with E-state index in [0.29, 0.717) is 11.3 Å². The Morgan fingerprint density at radius 3 is 2.75 bits per heavy atom. The first-order valence-corrected chi connectivity index (χ1v) is 6.48. The Kier molecular flexibility index (Phi) is 4.53. The van der Waals surface area contributed by atoms with E-state index in [2.05, 4.69) is 15.3 Å². The van der Waals surface area contributed by atoms with Crippen LogP contribution in [0.25, 0.3) is 0 Å². The number of aromatic nitrogens is 2. The summed E-state index contributed by atoms with van der Waals surface area (Å²) < 4.78 is 5.54. The average molecular weight is 292 g/mol. The fourth-order valence-electron chi connectivity index (χ4n) is 1.57. The van der Waals surface area contributed by atoms with Gasteiger partial charge in [-0.25, -0.2) is 9.97 Å². The number of hydrogen-bond acceptors (Lipinski definition) is 4. The fraction of sp³-hybridized carbons (Fsp3) is 0.214. The molecule has 0 saturated carbocycles.